The van der Waals surface area contributed by atoms with Crippen molar-refractivity contribution in [3.05, 3.63) is 34.9 Å². The van der Waals surface area contributed by atoms with Crippen molar-refractivity contribution in [2.75, 3.05) is 6.54 Å². The summed E-state index contributed by atoms with van der Waals surface area (Å²) in [6, 6.07) is 6.28. The first-order chi connectivity index (χ1) is 8.70. The summed E-state index contributed by atoms with van der Waals surface area (Å²) in [4.78, 5) is 12.1. The van der Waals surface area contributed by atoms with Crippen LogP contribution in [-0.2, 0) is 12.8 Å². The van der Waals surface area contributed by atoms with Gasteiger partial charge in [0.15, 0.2) is 0 Å². The quantitative estimate of drug-likeness (QED) is 0.835. The first-order valence-electron chi connectivity index (χ1n) is 6.83. The maximum absolute atomic E-state index is 12.1. The lowest BCUT2D eigenvalue weighted by Gasteiger charge is -2.13. The average Bonchev–Trinajstić information content (AvgIpc) is 2.83. The number of carbonyl (C=O) groups is 1. The fourth-order valence-electron chi connectivity index (χ4n) is 2.52. The minimum absolute atomic E-state index is 0.0363. The van der Waals surface area contributed by atoms with Crippen LogP contribution in [0.5, 0.6) is 0 Å². The Labute approximate surface area is 109 Å². The molecule has 0 spiro atoms. The van der Waals surface area contributed by atoms with Crippen molar-refractivity contribution < 1.29 is 4.79 Å². The van der Waals surface area contributed by atoms with Gasteiger partial charge in [0.25, 0.3) is 5.91 Å². The van der Waals surface area contributed by atoms with E-state index in [0.717, 1.165) is 31.2 Å². The number of rotatable bonds is 5. The number of nitrogens with two attached hydrogens (primary N) is 1. The predicted octanol–water partition coefficient (Wildman–Crippen LogP) is 2.03. The monoisotopic (exact) mass is 246 g/mol. The van der Waals surface area contributed by atoms with Crippen LogP contribution in [0, 0.1) is 0 Å². The number of fused-ring (bicyclic) bond motifs is 1. The van der Waals surface area contributed by atoms with E-state index in [9.17, 15) is 4.79 Å². The summed E-state index contributed by atoms with van der Waals surface area (Å²) >= 11 is 0. The third-order valence-electron chi connectivity index (χ3n) is 3.58. The second kappa shape index (κ2) is 6.01. The minimum atomic E-state index is 0.0363. The van der Waals surface area contributed by atoms with E-state index in [1.807, 2.05) is 19.1 Å². The van der Waals surface area contributed by atoms with Crippen molar-refractivity contribution in [1.29, 1.82) is 0 Å². The summed E-state index contributed by atoms with van der Waals surface area (Å²) < 4.78 is 0. The second-order valence-electron chi connectivity index (χ2n) is 5.14. The Morgan fingerprint density at radius 1 is 1.39 bits per heavy atom. The molecule has 1 unspecified atom stereocenters. The molecule has 0 saturated carbocycles. The van der Waals surface area contributed by atoms with Gasteiger partial charge in [0.2, 0.25) is 0 Å². The van der Waals surface area contributed by atoms with Crippen LogP contribution in [0.4, 0.5) is 0 Å². The molecule has 1 amide bonds. The Morgan fingerprint density at radius 2 is 2.17 bits per heavy atom. The molecular formula is C15H22N2O. The molecule has 0 fully saturated rings. The van der Waals surface area contributed by atoms with Gasteiger partial charge in [0.1, 0.15) is 0 Å². The van der Waals surface area contributed by atoms with Crippen LogP contribution in [0.15, 0.2) is 18.2 Å². The molecule has 1 aliphatic carbocycles. The fraction of sp³-hybridized carbons (Fsp3) is 0.533. The Hall–Kier alpha value is -1.35. The number of amides is 1. The van der Waals surface area contributed by atoms with Crippen LogP contribution in [0.2, 0.25) is 0 Å². The molecule has 3 N–H and O–H groups in total. The van der Waals surface area contributed by atoms with Crippen molar-refractivity contribution in [3.8, 4) is 0 Å². The minimum Gasteiger partial charge on any atom is -0.350 e. The summed E-state index contributed by atoms with van der Waals surface area (Å²) in [7, 11) is 0. The lowest BCUT2D eigenvalue weighted by atomic mass is 10.1. The van der Waals surface area contributed by atoms with E-state index in [-0.39, 0.29) is 11.9 Å². The number of hydrogen-bond donors (Lipinski definition) is 2. The van der Waals surface area contributed by atoms with Crippen LogP contribution >= 0.6 is 0 Å². The molecule has 1 aliphatic rings. The Bertz CT molecular complexity index is 429. The summed E-state index contributed by atoms with van der Waals surface area (Å²) in [6.07, 6.45) is 5.37. The molecule has 0 bridgehead atoms. The van der Waals surface area contributed by atoms with Gasteiger partial charge in [-0.25, -0.2) is 0 Å². The van der Waals surface area contributed by atoms with E-state index in [1.54, 1.807) is 0 Å². The van der Waals surface area contributed by atoms with Crippen LogP contribution in [0.3, 0.4) is 0 Å². The third kappa shape index (κ3) is 3.10. The first-order valence-corrected chi connectivity index (χ1v) is 6.83. The van der Waals surface area contributed by atoms with Crippen LogP contribution < -0.4 is 11.1 Å². The molecule has 1 atom stereocenters. The van der Waals surface area contributed by atoms with Crippen molar-refractivity contribution in [3.63, 3.8) is 0 Å². The SMILES string of the molecule is CC(CCCN)NC(=O)c1ccc2c(c1)CCC2. The maximum atomic E-state index is 12.1. The molecule has 1 aromatic carbocycles. The van der Waals surface area contributed by atoms with Crippen molar-refractivity contribution >= 4 is 5.91 Å². The molecule has 0 aromatic heterocycles. The van der Waals surface area contributed by atoms with E-state index >= 15 is 0 Å². The largest absolute Gasteiger partial charge is 0.350 e. The average molecular weight is 246 g/mol. The van der Waals surface area contributed by atoms with Gasteiger partial charge >= 0.3 is 0 Å². The number of nitrogens with one attached hydrogen (secondary N) is 1. The molecule has 3 heteroatoms. The Balaban J connectivity index is 1.96. The number of carbonyl (C=O) groups excluding carboxylic acids is 1. The summed E-state index contributed by atoms with van der Waals surface area (Å²) in [6.45, 7) is 2.71. The lowest BCUT2D eigenvalue weighted by molar-refractivity contribution is 0.0938. The van der Waals surface area contributed by atoms with Crippen LogP contribution in [0.25, 0.3) is 0 Å². The molecule has 1 aromatic rings. The molecular weight excluding hydrogens is 224 g/mol. The van der Waals surface area contributed by atoms with E-state index in [0.29, 0.717) is 6.54 Å². The predicted molar refractivity (Wildman–Crippen MR) is 73.7 cm³/mol. The lowest BCUT2D eigenvalue weighted by Crippen LogP contribution is -2.32. The highest BCUT2D eigenvalue weighted by Gasteiger charge is 2.14. The molecule has 0 saturated heterocycles. The van der Waals surface area contributed by atoms with Crippen molar-refractivity contribution in [2.24, 2.45) is 5.73 Å². The van der Waals surface area contributed by atoms with Crippen LogP contribution in [-0.4, -0.2) is 18.5 Å². The van der Waals surface area contributed by atoms with Crippen molar-refractivity contribution in [1.82, 2.24) is 5.32 Å². The van der Waals surface area contributed by atoms with Gasteiger partial charge in [-0.1, -0.05) is 6.07 Å². The highest BCUT2D eigenvalue weighted by molar-refractivity contribution is 5.94. The third-order valence-corrected chi connectivity index (χ3v) is 3.58. The molecule has 0 aliphatic heterocycles. The van der Waals surface area contributed by atoms with Gasteiger partial charge in [0, 0.05) is 11.6 Å². The number of aryl methyl sites for hydroxylation is 2. The Kier molecular flexibility index (Phi) is 4.37. The normalized spacial score (nSPS) is 15.2. The molecule has 0 radical (unpaired) electrons. The van der Waals surface area contributed by atoms with E-state index in [2.05, 4.69) is 11.4 Å². The van der Waals surface area contributed by atoms with Gasteiger partial charge in [-0.15, -0.1) is 0 Å². The van der Waals surface area contributed by atoms with Gasteiger partial charge in [-0.3, -0.25) is 4.79 Å². The first kappa shape index (κ1) is 13.1. The highest BCUT2D eigenvalue weighted by Crippen LogP contribution is 2.22. The Morgan fingerprint density at radius 3 is 2.94 bits per heavy atom. The topological polar surface area (TPSA) is 55.1 Å². The maximum Gasteiger partial charge on any atom is 0.251 e. The number of hydrogen-bond acceptors (Lipinski definition) is 2. The highest BCUT2D eigenvalue weighted by atomic mass is 16.1. The molecule has 0 heterocycles. The fourth-order valence-corrected chi connectivity index (χ4v) is 2.52. The zero-order chi connectivity index (χ0) is 13.0. The zero-order valence-electron chi connectivity index (χ0n) is 11.0. The van der Waals surface area contributed by atoms with Gasteiger partial charge in [-0.05, 0) is 68.8 Å². The van der Waals surface area contributed by atoms with Gasteiger partial charge in [0.05, 0.1) is 0 Å². The smallest absolute Gasteiger partial charge is 0.251 e. The van der Waals surface area contributed by atoms with Gasteiger partial charge < -0.3 is 11.1 Å². The standard InChI is InChI=1S/C15H22N2O/c1-11(4-3-9-16)17-15(18)14-8-7-12-5-2-6-13(12)10-14/h7-8,10-11H,2-6,9,16H2,1H3,(H,17,18). The zero-order valence-corrected chi connectivity index (χ0v) is 11.0. The van der Waals surface area contributed by atoms with Gasteiger partial charge in [-0.2, -0.15) is 0 Å². The van der Waals surface area contributed by atoms with Crippen molar-refractivity contribution in [2.45, 2.75) is 45.1 Å². The number of benzene rings is 1. The summed E-state index contributed by atoms with van der Waals surface area (Å²) in [5.74, 6) is 0.0363. The van der Waals surface area contributed by atoms with E-state index in [1.165, 1.54) is 17.5 Å². The molecule has 98 valence electrons. The van der Waals surface area contributed by atoms with E-state index in [4.69, 9.17) is 5.73 Å². The molecule has 2 rings (SSSR count). The second-order valence-corrected chi connectivity index (χ2v) is 5.14. The van der Waals surface area contributed by atoms with Crippen LogP contribution in [0.1, 0.15) is 47.7 Å². The molecule has 3 nitrogen and oxygen atoms in total. The van der Waals surface area contributed by atoms with E-state index < -0.39 is 0 Å². The molecule has 18 heavy (non-hydrogen) atoms. The summed E-state index contributed by atoms with van der Waals surface area (Å²) in [5, 5.41) is 3.03. The summed E-state index contributed by atoms with van der Waals surface area (Å²) in [5.41, 5.74) is 9.00.